The first-order chi connectivity index (χ1) is 7.66. The van der Waals surface area contributed by atoms with Gasteiger partial charge in [-0.25, -0.2) is 0 Å². The number of carbonyl (C=O) groups is 1. The van der Waals surface area contributed by atoms with Crippen molar-refractivity contribution in [2.24, 2.45) is 7.05 Å². The van der Waals surface area contributed by atoms with E-state index in [-0.39, 0.29) is 11.9 Å². The van der Waals surface area contributed by atoms with Crippen molar-refractivity contribution in [3.8, 4) is 0 Å². The van der Waals surface area contributed by atoms with Gasteiger partial charge in [0.25, 0.3) is 0 Å². The average molecular weight is 221 g/mol. The Morgan fingerprint density at radius 1 is 1.62 bits per heavy atom. The second kappa shape index (κ2) is 4.70. The number of hydrogen-bond acceptors (Lipinski definition) is 2. The molecule has 16 heavy (non-hydrogen) atoms. The maximum Gasteiger partial charge on any atom is 0.237 e. The Kier molecular flexibility index (Phi) is 3.29. The first-order valence-corrected chi connectivity index (χ1v) is 5.81. The molecule has 0 aliphatic heterocycles. The molecule has 0 spiro atoms. The van der Waals surface area contributed by atoms with Crippen molar-refractivity contribution in [2.75, 3.05) is 0 Å². The molecule has 2 rings (SSSR count). The van der Waals surface area contributed by atoms with E-state index in [0.29, 0.717) is 6.04 Å². The normalized spacial score (nSPS) is 17.1. The van der Waals surface area contributed by atoms with Crippen LogP contribution in [0.5, 0.6) is 0 Å². The molecule has 0 bridgehead atoms. The number of aryl methyl sites for hydroxylation is 1. The smallest absolute Gasteiger partial charge is 0.237 e. The van der Waals surface area contributed by atoms with Crippen molar-refractivity contribution in [3.63, 3.8) is 0 Å². The fourth-order valence-electron chi connectivity index (χ4n) is 1.58. The van der Waals surface area contributed by atoms with E-state index in [1.54, 1.807) is 0 Å². The van der Waals surface area contributed by atoms with E-state index in [4.69, 9.17) is 0 Å². The summed E-state index contributed by atoms with van der Waals surface area (Å²) in [7, 11) is 2.01. The predicted octanol–water partition coefficient (Wildman–Crippen LogP) is 0.782. The van der Waals surface area contributed by atoms with Crippen molar-refractivity contribution < 1.29 is 4.79 Å². The fourth-order valence-corrected chi connectivity index (χ4v) is 1.58. The summed E-state index contributed by atoms with van der Waals surface area (Å²) in [6, 6.07) is 4.37. The zero-order chi connectivity index (χ0) is 11.5. The number of carbonyl (C=O) groups excluding carboxylic acids is 1. The first kappa shape index (κ1) is 11.2. The van der Waals surface area contributed by atoms with Crippen LogP contribution < -0.4 is 10.6 Å². The van der Waals surface area contributed by atoms with Gasteiger partial charge in [0.1, 0.15) is 0 Å². The second-order valence-corrected chi connectivity index (χ2v) is 4.50. The minimum absolute atomic E-state index is 0.108. The number of nitrogens with one attached hydrogen (secondary N) is 2. The second-order valence-electron chi connectivity index (χ2n) is 4.50. The molecule has 1 unspecified atom stereocenters. The zero-order valence-electron chi connectivity index (χ0n) is 9.86. The summed E-state index contributed by atoms with van der Waals surface area (Å²) in [6.07, 6.45) is 4.28. The molecular weight excluding hydrogens is 202 g/mol. The lowest BCUT2D eigenvalue weighted by atomic mass is 10.3. The Morgan fingerprint density at radius 2 is 2.38 bits per heavy atom. The summed E-state index contributed by atoms with van der Waals surface area (Å²) >= 11 is 0. The van der Waals surface area contributed by atoms with E-state index in [0.717, 1.165) is 19.4 Å². The van der Waals surface area contributed by atoms with Gasteiger partial charge in [-0.1, -0.05) is 0 Å². The number of rotatable bonds is 5. The summed E-state index contributed by atoms with van der Waals surface area (Å²) in [6.45, 7) is 2.63. The highest BCUT2D eigenvalue weighted by molar-refractivity contribution is 5.81. The van der Waals surface area contributed by atoms with Crippen LogP contribution in [0.15, 0.2) is 18.3 Å². The standard InChI is InChI=1S/C12H19N3O/c1-9(12(16)14-10-5-6-10)13-8-11-4-3-7-15(11)2/h3-4,7,9-10,13H,5-6,8H2,1-2H3,(H,14,16). The van der Waals surface area contributed by atoms with Gasteiger partial charge in [-0.2, -0.15) is 0 Å². The summed E-state index contributed by atoms with van der Waals surface area (Å²) in [5.74, 6) is 0.108. The summed E-state index contributed by atoms with van der Waals surface area (Å²) < 4.78 is 2.05. The van der Waals surface area contributed by atoms with E-state index >= 15 is 0 Å². The maximum atomic E-state index is 11.7. The van der Waals surface area contributed by atoms with Gasteiger partial charge < -0.3 is 15.2 Å². The van der Waals surface area contributed by atoms with Crippen LogP contribution >= 0.6 is 0 Å². The van der Waals surface area contributed by atoms with Gasteiger partial charge in [0.05, 0.1) is 6.04 Å². The molecule has 1 fully saturated rings. The maximum absolute atomic E-state index is 11.7. The molecule has 2 N–H and O–H groups in total. The molecule has 4 nitrogen and oxygen atoms in total. The fraction of sp³-hybridized carbons (Fsp3) is 0.583. The third kappa shape index (κ3) is 2.85. The summed E-state index contributed by atoms with van der Waals surface area (Å²) in [4.78, 5) is 11.7. The molecule has 0 saturated heterocycles. The minimum atomic E-state index is -0.129. The number of aromatic nitrogens is 1. The molecule has 1 heterocycles. The lowest BCUT2D eigenvalue weighted by molar-refractivity contribution is -0.122. The average Bonchev–Trinajstić information content (AvgIpc) is 2.97. The molecule has 1 saturated carbocycles. The molecule has 0 aromatic carbocycles. The van der Waals surface area contributed by atoms with Crippen LogP contribution in [0.25, 0.3) is 0 Å². The number of hydrogen-bond donors (Lipinski definition) is 2. The van der Waals surface area contributed by atoms with Crippen molar-refractivity contribution in [3.05, 3.63) is 24.0 Å². The van der Waals surface area contributed by atoms with Gasteiger partial charge in [-0.15, -0.1) is 0 Å². The van der Waals surface area contributed by atoms with Gasteiger partial charge in [-0.3, -0.25) is 4.79 Å². The van der Waals surface area contributed by atoms with Crippen LogP contribution in [0.1, 0.15) is 25.5 Å². The highest BCUT2D eigenvalue weighted by atomic mass is 16.2. The minimum Gasteiger partial charge on any atom is -0.353 e. The van der Waals surface area contributed by atoms with E-state index in [2.05, 4.69) is 21.3 Å². The number of amides is 1. The van der Waals surface area contributed by atoms with Crippen LogP contribution in [0.4, 0.5) is 0 Å². The third-order valence-corrected chi connectivity index (χ3v) is 2.96. The summed E-state index contributed by atoms with van der Waals surface area (Å²) in [5, 5.41) is 6.22. The van der Waals surface area contributed by atoms with Gasteiger partial charge in [0.15, 0.2) is 0 Å². The molecule has 1 amide bonds. The molecule has 88 valence electrons. The zero-order valence-corrected chi connectivity index (χ0v) is 9.86. The highest BCUT2D eigenvalue weighted by Crippen LogP contribution is 2.18. The van der Waals surface area contributed by atoms with Crippen LogP contribution in [0, 0.1) is 0 Å². The van der Waals surface area contributed by atoms with Crippen LogP contribution in [0.3, 0.4) is 0 Å². The Hall–Kier alpha value is -1.29. The van der Waals surface area contributed by atoms with Crippen LogP contribution in [-0.2, 0) is 18.4 Å². The highest BCUT2D eigenvalue weighted by Gasteiger charge is 2.25. The molecule has 1 atom stereocenters. The molecular formula is C12H19N3O. The van der Waals surface area contributed by atoms with Gasteiger partial charge >= 0.3 is 0 Å². The van der Waals surface area contributed by atoms with Crippen molar-refractivity contribution in [1.29, 1.82) is 0 Å². The molecule has 1 aliphatic carbocycles. The lowest BCUT2D eigenvalue weighted by Gasteiger charge is -2.14. The Labute approximate surface area is 96.0 Å². The predicted molar refractivity (Wildman–Crippen MR) is 62.9 cm³/mol. The summed E-state index contributed by atoms with van der Waals surface area (Å²) in [5.41, 5.74) is 1.19. The molecule has 1 aromatic rings. The molecule has 4 heteroatoms. The van der Waals surface area contributed by atoms with E-state index in [1.807, 2.05) is 26.2 Å². The quantitative estimate of drug-likeness (QED) is 0.772. The largest absolute Gasteiger partial charge is 0.353 e. The van der Waals surface area contributed by atoms with E-state index in [9.17, 15) is 4.79 Å². The monoisotopic (exact) mass is 221 g/mol. The van der Waals surface area contributed by atoms with Crippen molar-refractivity contribution >= 4 is 5.91 Å². The Balaban J connectivity index is 1.76. The van der Waals surface area contributed by atoms with Gasteiger partial charge in [0, 0.05) is 31.5 Å². The first-order valence-electron chi connectivity index (χ1n) is 5.81. The molecule has 0 radical (unpaired) electrons. The van der Waals surface area contributed by atoms with Crippen molar-refractivity contribution in [1.82, 2.24) is 15.2 Å². The Bertz CT molecular complexity index is 368. The Morgan fingerprint density at radius 3 is 2.94 bits per heavy atom. The molecule has 1 aromatic heterocycles. The SMILES string of the molecule is CC(NCc1cccn1C)C(=O)NC1CC1. The van der Waals surface area contributed by atoms with Crippen molar-refractivity contribution in [2.45, 2.75) is 38.4 Å². The van der Waals surface area contributed by atoms with Gasteiger partial charge in [-0.05, 0) is 31.9 Å². The van der Waals surface area contributed by atoms with E-state index < -0.39 is 0 Å². The van der Waals surface area contributed by atoms with Gasteiger partial charge in [0.2, 0.25) is 5.91 Å². The molecule has 1 aliphatic rings. The van der Waals surface area contributed by atoms with E-state index in [1.165, 1.54) is 5.69 Å². The van der Waals surface area contributed by atoms with Crippen LogP contribution in [0.2, 0.25) is 0 Å². The number of nitrogens with zero attached hydrogens (tertiary/aromatic N) is 1. The lowest BCUT2D eigenvalue weighted by Crippen LogP contribution is -2.42. The topological polar surface area (TPSA) is 46.1 Å². The third-order valence-electron chi connectivity index (χ3n) is 2.96. The van der Waals surface area contributed by atoms with Crippen LogP contribution in [-0.4, -0.2) is 22.6 Å².